The molecule has 0 N–H and O–H groups in total. The molecule has 0 saturated heterocycles. The van der Waals surface area contributed by atoms with Crippen molar-refractivity contribution < 1.29 is 22.7 Å². The molecular weight excluding hydrogens is 447 g/mol. The first kappa shape index (κ1) is 23.1. The fourth-order valence-corrected chi connectivity index (χ4v) is 5.35. The van der Waals surface area contributed by atoms with E-state index in [1.807, 2.05) is 0 Å². The number of carbonyl (C=O) groups is 1. The molecule has 0 radical (unpaired) electrons. The number of benzene rings is 1. The largest absolute Gasteiger partial charge is 0.461 e. The highest BCUT2D eigenvalue weighted by molar-refractivity contribution is 7.89. The number of carbonyl (C=O) groups excluding carboxylic acids is 1. The maximum absolute atomic E-state index is 13.2. The highest BCUT2D eigenvalue weighted by Gasteiger charge is 2.28. The molecule has 1 aromatic heterocycles. The predicted octanol–water partition coefficient (Wildman–Crippen LogP) is 3.85. The van der Waals surface area contributed by atoms with E-state index in [4.69, 9.17) is 32.7 Å². The van der Waals surface area contributed by atoms with Crippen LogP contribution in [0.25, 0.3) is 0 Å². The summed E-state index contributed by atoms with van der Waals surface area (Å²) in [4.78, 5) is 15.9. The van der Waals surface area contributed by atoms with E-state index in [1.165, 1.54) is 33.8 Å². The molecule has 0 unspecified atom stereocenters. The molecule has 7 nitrogen and oxygen atoms in total. The van der Waals surface area contributed by atoms with Crippen molar-refractivity contribution in [1.82, 2.24) is 9.29 Å². The van der Waals surface area contributed by atoms with Gasteiger partial charge in [0.05, 0.1) is 18.2 Å². The molecule has 28 heavy (non-hydrogen) atoms. The van der Waals surface area contributed by atoms with E-state index in [2.05, 4.69) is 4.98 Å². The van der Waals surface area contributed by atoms with Crippen molar-refractivity contribution in [2.45, 2.75) is 24.8 Å². The SMILES string of the molecule is CCOC(=O)c1csc(CN(CCCOC)S(=O)(=O)c2cc(Cl)ccc2Cl)n1. The summed E-state index contributed by atoms with van der Waals surface area (Å²) in [6.45, 7) is 2.49. The molecular formula is C17H20Cl2N2O5S2. The van der Waals surface area contributed by atoms with Crippen LogP contribution < -0.4 is 0 Å². The zero-order valence-corrected chi connectivity index (χ0v) is 18.5. The Morgan fingerprint density at radius 1 is 1.32 bits per heavy atom. The van der Waals surface area contributed by atoms with Gasteiger partial charge in [-0.05, 0) is 31.5 Å². The van der Waals surface area contributed by atoms with E-state index >= 15 is 0 Å². The number of rotatable bonds is 10. The van der Waals surface area contributed by atoms with Crippen LogP contribution in [0.15, 0.2) is 28.5 Å². The Bertz CT molecular complexity index is 918. The molecule has 1 heterocycles. The Hall–Kier alpha value is -1.23. The Balaban J connectivity index is 2.31. The smallest absolute Gasteiger partial charge is 0.357 e. The number of aromatic nitrogens is 1. The molecule has 0 bridgehead atoms. The molecule has 11 heteroatoms. The second-order valence-electron chi connectivity index (χ2n) is 5.61. The van der Waals surface area contributed by atoms with Gasteiger partial charge < -0.3 is 9.47 Å². The van der Waals surface area contributed by atoms with Gasteiger partial charge in [0, 0.05) is 30.7 Å². The molecule has 0 atom stereocenters. The van der Waals surface area contributed by atoms with E-state index in [0.29, 0.717) is 18.0 Å². The van der Waals surface area contributed by atoms with Gasteiger partial charge in [-0.1, -0.05) is 23.2 Å². The molecule has 2 aromatic rings. The number of methoxy groups -OCH3 is 1. The summed E-state index contributed by atoms with van der Waals surface area (Å²) in [5.74, 6) is -0.545. The molecule has 0 fully saturated rings. The Morgan fingerprint density at radius 2 is 2.07 bits per heavy atom. The van der Waals surface area contributed by atoms with Crippen molar-refractivity contribution in [3.05, 3.63) is 44.3 Å². The average molecular weight is 467 g/mol. The van der Waals surface area contributed by atoms with Gasteiger partial charge in [0.25, 0.3) is 0 Å². The number of nitrogens with zero attached hydrogens (tertiary/aromatic N) is 2. The van der Waals surface area contributed by atoms with E-state index in [9.17, 15) is 13.2 Å². The number of hydrogen-bond donors (Lipinski definition) is 0. The van der Waals surface area contributed by atoms with Crippen LogP contribution in [-0.2, 0) is 26.0 Å². The average Bonchev–Trinajstić information content (AvgIpc) is 3.12. The van der Waals surface area contributed by atoms with E-state index in [1.54, 1.807) is 19.4 Å². The fourth-order valence-electron chi connectivity index (χ4n) is 2.32. The topological polar surface area (TPSA) is 85.8 Å². The van der Waals surface area contributed by atoms with Gasteiger partial charge in [-0.15, -0.1) is 11.3 Å². The Labute approximate surface area is 178 Å². The number of hydrogen-bond acceptors (Lipinski definition) is 7. The van der Waals surface area contributed by atoms with Gasteiger partial charge in [-0.2, -0.15) is 4.31 Å². The lowest BCUT2D eigenvalue weighted by Gasteiger charge is -2.22. The summed E-state index contributed by atoms with van der Waals surface area (Å²) < 4.78 is 37.5. The second-order valence-corrected chi connectivity index (χ2v) is 9.30. The third-order valence-corrected chi connectivity index (χ3v) is 7.01. The molecule has 0 aliphatic heterocycles. The van der Waals surface area contributed by atoms with Gasteiger partial charge >= 0.3 is 5.97 Å². The van der Waals surface area contributed by atoms with Crippen molar-refractivity contribution in [1.29, 1.82) is 0 Å². The minimum atomic E-state index is -3.94. The molecule has 0 amide bonds. The molecule has 0 spiro atoms. The molecule has 0 aliphatic carbocycles. The Kier molecular flexibility index (Phi) is 8.66. The third kappa shape index (κ3) is 5.88. The summed E-state index contributed by atoms with van der Waals surface area (Å²) in [6.07, 6.45) is 0.476. The van der Waals surface area contributed by atoms with Crippen LogP contribution >= 0.6 is 34.5 Å². The molecule has 154 valence electrons. The predicted molar refractivity (Wildman–Crippen MR) is 109 cm³/mol. The Morgan fingerprint density at radius 3 is 2.75 bits per heavy atom. The summed E-state index contributed by atoms with van der Waals surface area (Å²) in [6, 6.07) is 4.27. The van der Waals surface area contributed by atoms with Crippen molar-refractivity contribution >= 4 is 50.5 Å². The maximum atomic E-state index is 13.2. The number of halogens is 2. The van der Waals surface area contributed by atoms with Gasteiger partial charge in [0.2, 0.25) is 10.0 Å². The highest BCUT2D eigenvalue weighted by atomic mass is 35.5. The highest BCUT2D eigenvalue weighted by Crippen LogP contribution is 2.29. The van der Waals surface area contributed by atoms with E-state index < -0.39 is 16.0 Å². The van der Waals surface area contributed by atoms with Gasteiger partial charge in [-0.25, -0.2) is 18.2 Å². The van der Waals surface area contributed by atoms with Crippen LogP contribution in [0.5, 0.6) is 0 Å². The quantitative estimate of drug-likeness (QED) is 0.390. The lowest BCUT2D eigenvalue weighted by molar-refractivity contribution is 0.0520. The second kappa shape index (κ2) is 10.5. The normalized spacial score (nSPS) is 11.8. The number of sulfonamides is 1. The zero-order chi connectivity index (χ0) is 20.7. The minimum absolute atomic E-state index is 0.0149. The third-order valence-electron chi connectivity index (χ3n) is 3.61. The first-order chi connectivity index (χ1) is 13.3. The van der Waals surface area contributed by atoms with Crippen molar-refractivity contribution in [3.8, 4) is 0 Å². The van der Waals surface area contributed by atoms with Crippen molar-refractivity contribution in [2.24, 2.45) is 0 Å². The van der Waals surface area contributed by atoms with Crippen LogP contribution in [0.4, 0.5) is 0 Å². The van der Waals surface area contributed by atoms with Crippen LogP contribution in [0.3, 0.4) is 0 Å². The lowest BCUT2D eigenvalue weighted by Crippen LogP contribution is -2.32. The molecule has 1 aromatic carbocycles. The summed E-state index contributed by atoms with van der Waals surface area (Å²) >= 11 is 13.2. The standard InChI is InChI=1S/C17H20Cl2N2O5S2/c1-3-26-17(22)14-11-27-16(20-14)10-21(7-4-8-25-2)28(23,24)15-9-12(18)5-6-13(15)19/h5-6,9,11H,3-4,7-8,10H2,1-2H3. The maximum Gasteiger partial charge on any atom is 0.357 e. The molecule has 2 rings (SSSR count). The van der Waals surface area contributed by atoms with Crippen LogP contribution in [-0.4, -0.2) is 50.5 Å². The minimum Gasteiger partial charge on any atom is -0.461 e. The summed E-state index contributed by atoms with van der Waals surface area (Å²) in [7, 11) is -2.40. The monoisotopic (exact) mass is 466 g/mol. The number of esters is 1. The van der Waals surface area contributed by atoms with Crippen molar-refractivity contribution in [3.63, 3.8) is 0 Å². The van der Waals surface area contributed by atoms with Crippen LogP contribution in [0, 0.1) is 0 Å². The van der Waals surface area contributed by atoms with Crippen LogP contribution in [0.1, 0.15) is 28.8 Å². The molecule has 0 saturated carbocycles. The van der Waals surface area contributed by atoms with Gasteiger partial charge in [0.15, 0.2) is 5.69 Å². The van der Waals surface area contributed by atoms with E-state index in [0.717, 1.165) is 0 Å². The van der Waals surface area contributed by atoms with Gasteiger partial charge in [0.1, 0.15) is 9.90 Å². The lowest BCUT2D eigenvalue weighted by atomic mass is 10.4. The first-order valence-corrected chi connectivity index (χ1v) is 11.4. The number of thiazole rings is 1. The zero-order valence-electron chi connectivity index (χ0n) is 15.4. The van der Waals surface area contributed by atoms with Gasteiger partial charge in [-0.3, -0.25) is 0 Å². The first-order valence-electron chi connectivity index (χ1n) is 8.35. The molecule has 0 aliphatic rings. The van der Waals surface area contributed by atoms with Crippen LogP contribution in [0.2, 0.25) is 10.0 Å². The summed E-state index contributed by atoms with van der Waals surface area (Å²) in [5, 5.41) is 2.34. The fraction of sp³-hybridized carbons (Fsp3) is 0.412. The summed E-state index contributed by atoms with van der Waals surface area (Å²) in [5.41, 5.74) is 0.150. The van der Waals surface area contributed by atoms with E-state index in [-0.39, 0.29) is 40.3 Å². The number of ether oxygens (including phenoxy) is 2. The van der Waals surface area contributed by atoms with Crippen molar-refractivity contribution in [2.75, 3.05) is 26.9 Å².